The second-order valence-corrected chi connectivity index (χ2v) is 17.0. The molecule has 0 unspecified atom stereocenters. The van der Waals surface area contributed by atoms with Gasteiger partial charge in [0, 0.05) is 44.8 Å². The Morgan fingerprint density at radius 1 is 1.04 bits per heavy atom. The Hall–Kier alpha value is -2.04. The average Bonchev–Trinajstić information content (AvgIpc) is 3.58. The number of aromatic nitrogens is 1. The zero-order chi connectivity index (χ0) is 31.6. The van der Waals surface area contributed by atoms with Crippen molar-refractivity contribution in [3.63, 3.8) is 0 Å². The van der Waals surface area contributed by atoms with Crippen LogP contribution in [0, 0.1) is 17.3 Å². The second kappa shape index (κ2) is 7.49. The maximum Gasteiger partial charge on any atom is 0.153 e. The molecular formula is C37H45NO7. The standard InChI is InChI=1S/C37H45NO7/c1-16(2)27-26(39)30-37(45-30)22(43-27)10-11-32(6)33(7)28-24-23-20(38-28)9-8-18-14-17(3)19-15-21(36(19,42)25(18)23)31(4,5)44-29(24)34(33,40)12-13-35(32,37)41/h8-9,19,21-22,26-27,29-30,38-42H,1,3,10-15H2,2,4-7H3/t19-,21-,22+,26+,27-,29-,30-,32-,33-,34-,35+,36-,37+/m1/s1. The quantitative estimate of drug-likeness (QED) is 0.241. The highest BCUT2D eigenvalue weighted by atomic mass is 16.7. The van der Waals surface area contributed by atoms with Gasteiger partial charge in [-0.05, 0) is 82.1 Å². The van der Waals surface area contributed by atoms with E-state index < -0.39 is 63.3 Å². The Kier molecular flexibility index (Phi) is 4.66. The van der Waals surface area contributed by atoms with Gasteiger partial charge >= 0.3 is 0 Å². The van der Waals surface area contributed by atoms with E-state index >= 15 is 0 Å². The fraction of sp³-hybridized carbons (Fsp3) is 0.676. The van der Waals surface area contributed by atoms with Crippen LogP contribution in [-0.4, -0.2) is 72.2 Å². The third-order valence-electron chi connectivity index (χ3n) is 15.3. The summed E-state index contributed by atoms with van der Waals surface area (Å²) in [6.45, 7) is 18.6. The number of rotatable bonds is 1. The van der Waals surface area contributed by atoms with E-state index in [0.29, 0.717) is 12.8 Å². The molecule has 0 radical (unpaired) electrons. The minimum absolute atomic E-state index is 0.0328. The van der Waals surface area contributed by atoms with Gasteiger partial charge in [-0.15, -0.1) is 0 Å². The zero-order valence-corrected chi connectivity index (χ0v) is 26.9. The molecule has 1 aromatic carbocycles. The number of aromatic amines is 1. The summed E-state index contributed by atoms with van der Waals surface area (Å²) >= 11 is 0. The van der Waals surface area contributed by atoms with Crippen LogP contribution in [0.5, 0.6) is 0 Å². The highest BCUT2D eigenvalue weighted by Gasteiger charge is 2.89. The first-order chi connectivity index (χ1) is 21.0. The van der Waals surface area contributed by atoms with Gasteiger partial charge in [0.15, 0.2) is 5.60 Å². The summed E-state index contributed by atoms with van der Waals surface area (Å²) in [5, 5.41) is 51.6. The summed E-state index contributed by atoms with van der Waals surface area (Å²) in [5.41, 5.74) is -0.913. The molecule has 10 rings (SSSR count). The van der Waals surface area contributed by atoms with E-state index in [1.165, 1.54) is 0 Å². The van der Waals surface area contributed by atoms with Crippen molar-refractivity contribution < 1.29 is 34.6 Å². The number of nitrogens with one attached hydrogen (secondary N) is 1. The molecular weight excluding hydrogens is 570 g/mol. The van der Waals surface area contributed by atoms with Crippen molar-refractivity contribution >= 4 is 10.9 Å². The van der Waals surface area contributed by atoms with Gasteiger partial charge in [0.2, 0.25) is 0 Å². The Bertz CT molecular complexity index is 1800. The van der Waals surface area contributed by atoms with Crippen molar-refractivity contribution in [1.82, 2.24) is 4.98 Å². The average molecular weight is 616 g/mol. The number of ether oxygens (including phenoxy) is 3. The molecule has 4 heterocycles. The number of hydrogen-bond donors (Lipinski definition) is 5. The van der Waals surface area contributed by atoms with Gasteiger partial charge in [0.25, 0.3) is 0 Å². The highest BCUT2D eigenvalue weighted by Crippen LogP contribution is 2.79. The molecule has 0 amide bonds. The topological polar surface area (TPSA) is 128 Å². The largest absolute Gasteiger partial charge is 0.387 e. The summed E-state index contributed by atoms with van der Waals surface area (Å²) < 4.78 is 20.1. The molecule has 45 heavy (non-hydrogen) atoms. The Balaban J connectivity index is 1.22. The van der Waals surface area contributed by atoms with Crippen LogP contribution in [0.1, 0.15) is 95.2 Å². The first-order valence-corrected chi connectivity index (χ1v) is 16.9. The Morgan fingerprint density at radius 3 is 2.53 bits per heavy atom. The van der Waals surface area contributed by atoms with Crippen molar-refractivity contribution in [2.45, 2.75) is 137 Å². The van der Waals surface area contributed by atoms with E-state index in [0.717, 1.165) is 57.3 Å². The molecule has 3 saturated carbocycles. The molecule has 1 aromatic heterocycles. The number of hydrogen-bond acceptors (Lipinski definition) is 7. The Morgan fingerprint density at radius 2 is 1.80 bits per heavy atom. The number of fused-ring (bicyclic) bond motifs is 5. The summed E-state index contributed by atoms with van der Waals surface area (Å²) in [6, 6.07) is 4.22. The number of aliphatic hydroxyl groups is 4. The molecule has 13 atom stereocenters. The third-order valence-corrected chi connectivity index (χ3v) is 15.3. The first-order valence-electron chi connectivity index (χ1n) is 16.9. The van der Waals surface area contributed by atoms with E-state index in [9.17, 15) is 20.4 Å². The molecule has 8 heteroatoms. The lowest BCUT2D eigenvalue weighted by atomic mass is 9.39. The van der Waals surface area contributed by atoms with Crippen LogP contribution >= 0.6 is 0 Å². The maximum atomic E-state index is 13.3. The normalized spacial score (nSPS) is 54.2. The molecule has 1 spiro atoms. The Labute approximate surface area is 263 Å². The lowest BCUT2D eigenvalue weighted by Gasteiger charge is -2.68. The molecule has 5 aliphatic carbocycles. The van der Waals surface area contributed by atoms with Crippen molar-refractivity contribution in [2.24, 2.45) is 17.3 Å². The van der Waals surface area contributed by atoms with E-state index in [4.69, 9.17) is 14.2 Å². The van der Waals surface area contributed by atoms with Crippen LogP contribution in [-0.2, 0) is 31.6 Å². The van der Waals surface area contributed by atoms with Gasteiger partial charge in [-0.1, -0.05) is 38.6 Å². The molecule has 240 valence electrons. The molecule has 3 aliphatic heterocycles. The van der Waals surface area contributed by atoms with E-state index in [-0.39, 0.29) is 30.8 Å². The highest BCUT2D eigenvalue weighted by molar-refractivity contribution is 5.93. The van der Waals surface area contributed by atoms with Gasteiger partial charge < -0.3 is 39.6 Å². The number of aliphatic hydroxyl groups excluding tert-OH is 1. The lowest BCUT2D eigenvalue weighted by molar-refractivity contribution is -0.317. The molecule has 8 aliphatic rings. The SMILES string of the molecule is C=C(C)[C@H]1O[C@H]2CC[C@@]3(C)[C@@](O)(CC[C@@]4(O)[C@@H]5OC(C)(C)[C@H]6C[C@@H]7C(=C)Cc8ccc9[nH]c(c5c9c8[C@@]76O)[C@]34C)[C@]23O[C@@H]3[C@H]1O. The molecule has 5 fully saturated rings. The van der Waals surface area contributed by atoms with Crippen LogP contribution < -0.4 is 0 Å². The van der Waals surface area contributed by atoms with Crippen molar-refractivity contribution in [2.75, 3.05) is 0 Å². The van der Waals surface area contributed by atoms with Crippen LogP contribution in [0.15, 0.2) is 36.4 Å². The minimum Gasteiger partial charge on any atom is -0.387 e. The predicted octanol–water partition coefficient (Wildman–Crippen LogP) is 4.12. The fourth-order valence-electron chi connectivity index (χ4n) is 12.8. The summed E-state index contributed by atoms with van der Waals surface area (Å²) in [4.78, 5) is 3.78. The smallest absolute Gasteiger partial charge is 0.153 e. The monoisotopic (exact) mass is 615 g/mol. The van der Waals surface area contributed by atoms with Gasteiger partial charge in [0.05, 0.1) is 11.7 Å². The first kappa shape index (κ1) is 28.0. The van der Waals surface area contributed by atoms with Gasteiger partial charge in [-0.25, -0.2) is 0 Å². The third kappa shape index (κ3) is 2.49. The summed E-state index contributed by atoms with van der Waals surface area (Å²) in [6.07, 6.45) is 0.201. The summed E-state index contributed by atoms with van der Waals surface area (Å²) in [5.74, 6) is -0.193. The summed E-state index contributed by atoms with van der Waals surface area (Å²) in [7, 11) is 0. The molecule has 0 bridgehead atoms. The fourth-order valence-corrected chi connectivity index (χ4v) is 12.8. The maximum absolute atomic E-state index is 13.3. The number of benzene rings is 1. The van der Waals surface area contributed by atoms with E-state index in [1.807, 2.05) is 6.92 Å². The van der Waals surface area contributed by atoms with E-state index in [1.54, 1.807) is 0 Å². The van der Waals surface area contributed by atoms with Gasteiger partial charge in [0.1, 0.15) is 41.2 Å². The minimum atomic E-state index is -1.39. The molecule has 2 saturated heterocycles. The predicted molar refractivity (Wildman–Crippen MR) is 165 cm³/mol. The second-order valence-electron chi connectivity index (χ2n) is 17.0. The van der Waals surface area contributed by atoms with Crippen LogP contribution in [0.2, 0.25) is 0 Å². The number of H-pyrrole nitrogens is 1. The van der Waals surface area contributed by atoms with E-state index in [2.05, 4.69) is 58.0 Å². The molecule has 2 aromatic rings. The zero-order valence-electron chi connectivity index (χ0n) is 26.9. The van der Waals surface area contributed by atoms with Gasteiger partial charge in [-0.2, -0.15) is 0 Å². The lowest BCUT2D eigenvalue weighted by Crippen LogP contribution is -2.79. The van der Waals surface area contributed by atoms with Crippen LogP contribution in [0.25, 0.3) is 10.9 Å². The molecule has 5 N–H and O–H groups in total. The van der Waals surface area contributed by atoms with Crippen LogP contribution in [0.3, 0.4) is 0 Å². The van der Waals surface area contributed by atoms with Gasteiger partial charge in [-0.3, -0.25) is 0 Å². The number of epoxide rings is 1. The van der Waals surface area contributed by atoms with Crippen molar-refractivity contribution in [3.05, 3.63) is 58.8 Å². The van der Waals surface area contributed by atoms with Crippen LogP contribution in [0.4, 0.5) is 0 Å². The van der Waals surface area contributed by atoms with Crippen molar-refractivity contribution in [3.8, 4) is 0 Å². The molecule has 8 nitrogen and oxygen atoms in total. The van der Waals surface area contributed by atoms with Crippen molar-refractivity contribution in [1.29, 1.82) is 0 Å².